The Morgan fingerprint density at radius 1 is 1.19 bits per heavy atom. The summed E-state index contributed by atoms with van der Waals surface area (Å²) in [5.41, 5.74) is 0.798. The SMILES string of the molecule is Cc1cccc(C(=O)N(CC2CCCCC2)C2CC2)c1F. The molecule has 1 amide bonds. The van der Waals surface area contributed by atoms with E-state index in [-0.39, 0.29) is 17.3 Å². The van der Waals surface area contributed by atoms with E-state index in [0.717, 1.165) is 19.4 Å². The third-order valence-electron chi connectivity index (χ3n) is 4.85. The van der Waals surface area contributed by atoms with Crippen molar-refractivity contribution in [2.45, 2.75) is 57.9 Å². The molecule has 2 saturated carbocycles. The molecule has 0 heterocycles. The van der Waals surface area contributed by atoms with Crippen LogP contribution in [0.15, 0.2) is 18.2 Å². The van der Waals surface area contributed by atoms with Crippen molar-refractivity contribution >= 4 is 5.91 Å². The number of aryl methyl sites for hydroxylation is 1. The van der Waals surface area contributed by atoms with Crippen molar-refractivity contribution < 1.29 is 9.18 Å². The predicted molar refractivity (Wildman–Crippen MR) is 81.8 cm³/mol. The molecular weight excluding hydrogens is 265 g/mol. The second kappa shape index (κ2) is 6.17. The van der Waals surface area contributed by atoms with E-state index < -0.39 is 0 Å². The van der Waals surface area contributed by atoms with Crippen molar-refractivity contribution in [3.63, 3.8) is 0 Å². The highest BCUT2D eigenvalue weighted by Gasteiger charge is 2.35. The Morgan fingerprint density at radius 3 is 2.57 bits per heavy atom. The fourth-order valence-corrected chi connectivity index (χ4v) is 3.40. The molecule has 1 aromatic carbocycles. The average Bonchev–Trinajstić information content (AvgIpc) is 3.33. The van der Waals surface area contributed by atoms with E-state index in [2.05, 4.69) is 0 Å². The van der Waals surface area contributed by atoms with Crippen molar-refractivity contribution in [2.75, 3.05) is 6.54 Å². The third-order valence-corrected chi connectivity index (χ3v) is 4.85. The molecule has 0 unspecified atom stereocenters. The molecule has 2 nitrogen and oxygen atoms in total. The van der Waals surface area contributed by atoms with E-state index >= 15 is 0 Å². The minimum Gasteiger partial charge on any atom is -0.335 e. The normalized spacial score (nSPS) is 19.5. The molecule has 0 aromatic heterocycles. The summed E-state index contributed by atoms with van der Waals surface area (Å²) >= 11 is 0. The fraction of sp³-hybridized carbons (Fsp3) is 0.611. The molecule has 114 valence electrons. The number of rotatable bonds is 4. The van der Waals surface area contributed by atoms with Gasteiger partial charge < -0.3 is 4.90 Å². The van der Waals surface area contributed by atoms with Gasteiger partial charge >= 0.3 is 0 Å². The number of nitrogens with zero attached hydrogens (tertiary/aromatic N) is 1. The van der Waals surface area contributed by atoms with Gasteiger partial charge in [0.25, 0.3) is 5.91 Å². The zero-order valence-electron chi connectivity index (χ0n) is 12.8. The number of carbonyl (C=O) groups is 1. The molecule has 2 aliphatic carbocycles. The number of hydrogen-bond donors (Lipinski definition) is 0. The lowest BCUT2D eigenvalue weighted by atomic mass is 9.88. The van der Waals surface area contributed by atoms with Crippen molar-refractivity contribution in [2.24, 2.45) is 5.92 Å². The van der Waals surface area contributed by atoms with E-state index in [9.17, 15) is 9.18 Å². The van der Waals surface area contributed by atoms with Crippen LogP contribution < -0.4 is 0 Å². The molecule has 2 fully saturated rings. The van der Waals surface area contributed by atoms with Gasteiger partial charge in [-0.2, -0.15) is 0 Å². The minimum absolute atomic E-state index is 0.107. The lowest BCUT2D eigenvalue weighted by Gasteiger charge is -2.30. The Bertz CT molecular complexity index is 518. The Hall–Kier alpha value is -1.38. The first-order valence-corrected chi connectivity index (χ1v) is 8.23. The summed E-state index contributed by atoms with van der Waals surface area (Å²) in [7, 11) is 0. The van der Waals surface area contributed by atoms with Gasteiger partial charge in [0.1, 0.15) is 5.82 Å². The molecule has 21 heavy (non-hydrogen) atoms. The number of carbonyl (C=O) groups excluding carboxylic acids is 1. The molecule has 0 bridgehead atoms. The second-order valence-electron chi connectivity index (χ2n) is 6.63. The zero-order valence-corrected chi connectivity index (χ0v) is 12.8. The molecule has 3 heteroatoms. The van der Waals surface area contributed by atoms with Crippen molar-refractivity contribution in [3.05, 3.63) is 35.1 Å². The molecule has 0 aliphatic heterocycles. The molecular formula is C18H24FNO. The smallest absolute Gasteiger partial charge is 0.257 e. The van der Waals surface area contributed by atoms with Gasteiger partial charge in [-0.3, -0.25) is 4.79 Å². The first-order valence-electron chi connectivity index (χ1n) is 8.23. The number of halogens is 1. The summed E-state index contributed by atoms with van der Waals surface area (Å²) in [4.78, 5) is 14.7. The van der Waals surface area contributed by atoms with Crippen LogP contribution in [-0.2, 0) is 0 Å². The van der Waals surface area contributed by atoms with Crippen LogP contribution in [0.4, 0.5) is 4.39 Å². The van der Waals surface area contributed by atoms with Gasteiger partial charge in [0, 0.05) is 12.6 Å². The molecule has 0 N–H and O–H groups in total. The first kappa shape index (κ1) is 14.6. The molecule has 3 rings (SSSR count). The van der Waals surface area contributed by atoms with Crippen LogP contribution in [0.1, 0.15) is 60.9 Å². The maximum absolute atomic E-state index is 14.2. The lowest BCUT2D eigenvalue weighted by Crippen LogP contribution is -2.38. The van der Waals surface area contributed by atoms with E-state index in [1.165, 1.54) is 32.1 Å². The van der Waals surface area contributed by atoms with E-state index in [0.29, 0.717) is 17.5 Å². The maximum atomic E-state index is 14.2. The molecule has 0 radical (unpaired) electrons. The topological polar surface area (TPSA) is 20.3 Å². The molecule has 0 atom stereocenters. The summed E-state index contributed by atoms with van der Waals surface area (Å²) < 4.78 is 14.2. The summed E-state index contributed by atoms with van der Waals surface area (Å²) in [6.07, 6.45) is 8.45. The lowest BCUT2D eigenvalue weighted by molar-refractivity contribution is 0.0694. The van der Waals surface area contributed by atoms with Gasteiger partial charge in [0.2, 0.25) is 0 Å². The highest BCUT2D eigenvalue weighted by Crippen LogP contribution is 2.32. The Morgan fingerprint density at radius 2 is 1.90 bits per heavy atom. The highest BCUT2D eigenvalue weighted by molar-refractivity contribution is 5.95. The van der Waals surface area contributed by atoms with Crippen LogP contribution in [0.5, 0.6) is 0 Å². The van der Waals surface area contributed by atoms with E-state index in [1.807, 2.05) is 4.90 Å². The average molecular weight is 289 g/mol. The van der Waals surface area contributed by atoms with Gasteiger partial charge in [-0.05, 0) is 50.2 Å². The fourth-order valence-electron chi connectivity index (χ4n) is 3.40. The summed E-state index contributed by atoms with van der Waals surface area (Å²) in [6.45, 7) is 2.53. The Labute approximate surface area is 126 Å². The van der Waals surface area contributed by atoms with Gasteiger partial charge in [-0.15, -0.1) is 0 Å². The van der Waals surface area contributed by atoms with Crippen molar-refractivity contribution in [1.29, 1.82) is 0 Å². The molecule has 2 aliphatic rings. The van der Waals surface area contributed by atoms with Gasteiger partial charge in [0.05, 0.1) is 5.56 Å². The Balaban J connectivity index is 1.76. The third kappa shape index (κ3) is 3.28. The van der Waals surface area contributed by atoms with Gasteiger partial charge in [-0.25, -0.2) is 4.39 Å². The van der Waals surface area contributed by atoms with E-state index in [1.54, 1.807) is 25.1 Å². The summed E-state index contributed by atoms with van der Waals surface area (Å²) in [5.74, 6) is 0.150. The van der Waals surface area contributed by atoms with Crippen LogP contribution in [0, 0.1) is 18.7 Å². The molecule has 1 aromatic rings. The van der Waals surface area contributed by atoms with Crippen molar-refractivity contribution in [1.82, 2.24) is 4.90 Å². The van der Waals surface area contributed by atoms with Gasteiger partial charge in [0.15, 0.2) is 0 Å². The second-order valence-corrected chi connectivity index (χ2v) is 6.63. The maximum Gasteiger partial charge on any atom is 0.257 e. The summed E-state index contributed by atoms with van der Waals surface area (Å²) in [5, 5.41) is 0. The molecule has 0 saturated heterocycles. The summed E-state index contributed by atoms with van der Waals surface area (Å²) in [6, 6.07) is 5.46. The molecule has 0 spiro atoms. The number of amides is 1. The minimum atomic E-state index is -0.350. The largest absolute Gasteiger partial charge is 0.335 e. The van der Waals surface area contributed by atoms with Crippen LogP contribution in [0.3, 0.4) is 0 Å². The quantitative estimate of drug-likeness (QED) is 0.808. The van der Waals surface area contributed by atoms with Crippen LogP contribution in [0.25, 0.3) is 0 Å². The predicted octanol–water partition coefficient (Wildman–Crippen LogP) is 4.32. The Kier molecular flexibility index (Phi) is 4.27. The highest BCUT2D eigenvalue weighted by atomic mass is 19.1. The van der Waals surface area contributed by atoms with E-state index in [4.69, 9.17) is 0 Å². The van der Waals surface area contributed by atoms with Gasteiger partial charge in [-0.1, -0.05) is 31.4 Å². The first-order chi connectivity index (χ1) is 10.2. The monoisotopic (exact) mass is 289 g/mol. The van der Waals surface area contributed by atoms with Crippen LogP contribution in [0.2, 0.25) is 0 Å². The number of hydrogen-bond acceptors (Lipinski definition) is 1. The zero-order chi connectivity index (χ0) is 14.8. The van der Waals surface area contributed by atoms with Crippen molar-refractivity contribution in [3.8, 4) is 0 Å². The van der Waals surface area contributed by atoms with Crippen LogP contribution >= 0.6 is 0 Å². The number of benzene rings is 1. The van der Waals surface area contributed by atoms with Crippen LogP contribution in [-0.4, -0.2) is 23.4 Å². The standard InChI is InChI=1S/C18H24FNO/c1-13-6-5-9-16(17(13)19)18(21)20(15-10-11-15)12-14-7-3-2-4-8-14/h5-6,9,14-15H,2-4,7-8,10-12H2,1H3.